The van der Waals surface area contributed by atoms with Crippen LogP contribution in [0.2, 0.25) is 0 Å². The Morgan fingerprint density at radius 2 is 2.00 bits per heavy atom. The van der Waals surface area contributed by atoms with Gasteiger partial charge in [0.1, 0.15) is 0 Å². The molecule has 0 radical (unpaired) electrons. The molecule has 9 heteroatoms. The zero-order valence-corrected chi connectivity index (χ0v) is 14.1. The fourth-order valence-electron chi connectivity index (χ4n) is 2.39. The molecular weight excluding hydrogens is 326 g/mol. The lowest BCUT2D eigenvalue weighted by Crippen LogP contribution is -2.41. The van der Waals surface area contributed by atoms with E-state index < -0.39 is 21.8 Å². The molecule has 122 valence electrons. The summed E-state index contributed by atoms with van der Waals surface area (Å²) in [7, 11) is -3.44. The number of hydrogen-bond donors (Lipinski definition) is 1. The highest BCUT2D eigenvalue weighted by atomic mass is 32.2. The number of sulfonamides is 1. The molecule has 0 aliphatic carbocycles. The quantitative estimate of drug-likeness (QED) is 0.825. The summed E-state index contributed by atoms with van der Waals surface area (Å²) < 4.78 is 24.7. The largest absolute Gasteiger partial charge is 0.369 e. The standard InChI is InChI=1S/C13H19N3O4S2/c1-9-3-6-21-11(9)13(18)15-4-5-16(22(2,19)20)8-10(7-15)12(14)17/h3,6,10H,4-5,7-8H2,1-2H3,(H2,14,17). The Kier molecular flexibility index (Phi) is 4.88. The van der Waals surface area contributed by atoms with Crippen molar-refractivity contribution in [3.8, 4) is 0 Å². The van der Waals surface area contributed by atoms with Crippen LogP contribution in [0.25, 0.3) is 0 Å². The van der Waals surface area contributed by atoms with Crippen LogP contribution < -0.4 is 5.73 Å². The second kappa shape index (κ2) is 6.35. The lowest BCUT2D eigenvalue weighted by atomic mass is 10.1. The Balaban J connectivity index is 2.25. The third-order valence-corrected chi connectivity index (χ3v) is 5.97. The van der Waals surface area contributed by atoms with Crippen molar-refractivity contribution < 1.29 is 18.0 Å². The Bertz CT molecular complexity index is 683. The molecule has 1 aliphatic rings. The maximum atomic E-state index is 12.6. The lowest BCUT2D eigenvalue weighted by Gasteiger charge is -2.22. The number of thiophene rings is 1. The molecule has 1 aliphatic heterocycles. The Morgan fingerprint density at radius 1 is 1.32 bits per heavy atom. The molecule has 2 heterocycles. The number of nitrogens with two attached hydrogens (primary N) is 1. The zero-order chi connectivity index (χ0) is 16.5. The average Bonchev–Trinajstić information content (AvgIpc) is 2.71. The van der Waals surface area contributed by atoms with Crippen LogP contribution in [0.5, 0.6) is 0 Å². The molecule has 2 amide bonds. The Hall–Kier alpha value is -1.45. The van der Waals surface area contributed by atoms with Crippen molar-refractivity contribution in [2.45, 2.75) is 6.92 Å². The van der Waals surface area contributed by atoms with Crippen LogP contribution in [0.3, 0.4) is 0 Å². The van der Waals surface area contributed by atoms with E-state index in [0.717, 1.165) is 11.8 Å². The molecule has 1 unspecified atom stereocenters. The summed E-state index contributed by atoms with van der Waals surface area (Å²) in [6.07, 6.45) is 1.09. The van der Waals surface area contributed by atoms with Gasteiger partial charge in [-0.05, 0) is 23.9 Å². The van der Waals surface area contributed by atoms with E-state index in [9.17, 15) is 18.0 Å². The maximum absolute atomic E-state index is 12.6. The van der Waals surface area contributed by atoms with Gasteiger partial charge in [0.2, 0.25) is 15.9 Å². The molecule has 22 heavy (non-hydrogen) atoms. The van der Waals surface area contributed by atoms with Crippen LogP contribution in [0, 0.1) is 12.8 Å². The molecule has 0 saturated carbocycles. The van der Waals surface area contributed by atoms with Gasteiger partial charge in [0, 0.05) is 26.2 Å². The van der Waals surface area contributed by atoms with Crippen molar-refractivity contribution in [1.82, 2.24) is 9.21 Å². The first-order chi connectivity index (χ1) is 10.2. The van der Waals surface area contributed by atoms with E-state index in [2.05, 4.69) is 0 Å². The van der Waals surface area contributed by atoms with E-state index in [1.54, 1.807) is 0 Å². The van der Waals surface area contributed by atoms with Crippen molar-refractivity contribution in [2.24, 2.45) is 11.7 Å². The monoisotopic (exact) mass is 345 g/mol. The number of rotatable bonds is 3. The highest BCUT2D eigenvalue weighted by molar-refractivity contribution is 7.88. The van der Waals surface area contributed by atoms with Gasteiger partial charge in [0.05, 0.1) is 17.1 Å². The van der Waals surface area contributed by atoms with E-state index in [0.29, 0.717) is 4.88 Å². The smallest absolute Gasteiger partial charge is 0.264 e. The third-order valence-electron chi connectivity index (χ3n) is 3.70. The van der Waals surface area contributed by atoms with Crippen LogP contribution >= 0.6 is 11.3 Å². The van der Waals surface area contributed by atoms with Gasteiger partial charge in [0.15, 0.2) is 0 Å². The van der Waals surface area contributed by atoms with Gasteiger partial charge in [-0.15, -0.1) is 11.3 Å². The van der Waals surface area contributed by atoms with E-state index in [-0.39, 0.29) is 32.1 Å². The summed E-state index contributed by atoms with van der Waals surface area (Å²) in [6.45, 7) is 2.40. The SMILES string of the molecule is Cc1ccsc1C(=O)N1CCN(S(C)(=O)=O)CC(C(N)=O)C1. The third kappa shape index (κ3) is 3.65. The van der Waals surface area contributed by atoms with Crippen LogP contribution in [-0.2, 0) is 14.8 Å². The highest BCUT2D eigenvalue weighted by Gasteiger charge is 2.33. The Labute approximate surface area is 133 Å². The zero-order valence-electron chi connectivity index (χ0n) is 12.5. The molecule has 0 spiro atoms. The predicted molar refractivity (Wildman–Crippen MR) is 84.1 cm³/mol. The molecule has 1 fully saturated rings. The summed E-state index contributed by atoms with van der Waals surface area (Å²) in [6, 6.07) is 1.85. The van der Waals surface area contributed by atoms with Crippen LogP contribution in [0.15, 0.2) is 11.4 Å². The summed E-state index contributed by atoms with van der Waals surface area (Å²) >= 11 is 1.33. The van der Waals surface area contributed by atoms with Gasteiger partial charge in [-0.1, -0.05) is 0 Å². The van der Waals surface area contributed by atoms with E-state index in [4.69, 9.17) is 5.73 Å². The second-order valence-corrected chi connectivity index (χ2v) is 8.30. The molecule has 1 aromatic heterocycles. The molecule has 7 nitrogen and oxygen atoms in total. The fourth-order valence-corrected chi connectivity index (χ4v) is 4.14. The average molecular weight is 345 g/mol. The highest BCUT2D eigenvalue weighted by Crippen LogP contribution is 2.20. The topological polar surface area (TPSA) is 101 Å². The fraction of sp³-hybridized carbons (Fsp3) is 0.538. The predicted octanol–water partition coefficient (Wildman–Crippen LogP) is -0.125. The first kappa shape index (κ1) is 16.9. The van der Waals surface area contributed by atoms with Gasteiger partial charge in [0.25, 0.3) is 5.91 Å². The van der Waals surface area contributed by atoms with Gasteiger partial charge >= 0.3 is 0 Å². The van der Waals surface area contributed by atoms with Crippen molar-refractivity contribution in [3.63, 3.8) is 0 Å². The van der Waals surface area contributed by atoms with Gasteiger partial charge in [-0.2, -0.15) is 4.31 Å². The van der Waals surface area contributed by atoms with Crippen molar-refractivity contribution in [1.29, 1.82) is 0 Å². The van der Waals surface area contributed by atoms with Gasteiger partial charge < -0.3 is 10.6 Å². The van der Waals surface area contributed by atoms with Crippen molar-refractivity contribution >= 4 is 33.2 Å². The minimum Gasteiger partial charge on any atom is -0.369 e. The molecule has 2 rings (SSSR count). The number of nitrogens with zero attached hydrogens (tertiary/aromatic N) is 2. The first-order valence-corrected chi connectivity index (χ1v) is 9.50. The number of hydrogen-bond acceptors (Lipinski definition) is 5. The summed E-state index contributed by atoms with van der Waals surface area (Å²) in [5.74, 6) is -1.49. The molecular formula is C13H19N3O4S2. The van der Waals surface area contributed by atoms with Crippen LogP contribution in [-0.4, -0.2) is 61.9 Å². The van der Waals surface area contributed by atoms with E-state index in [1.807, 2.05) is 18.4 Å². The molecule has 1 atom stereocenters. The molecule has 1 aromatic rings. The number of primary amides is 1. The molecule has 0 aromatic carbocycles. The number of aryl methyl sites for hydroxylation is 1. The lowest BCUT2D eigenvalue weighted by molar-refractivity contribution is -0.122. The minimum atomic E-state index is -3.44. The maximum Gasteiger partial charge on any atom is 0.264 e. The summed E-state index contributed by atoms with van der Waals surface area (Å²) in [5, 5.41) is 1.83. The van der Waals surface area contributed by atoms with E-state index >= 15 is 0 Å². The van der Waals surface area contributed by atoms with Crippen molar-refractivity contribution in [3.05, 3.63) is 21.9 Å². The normalized spacial score (nSPS) is 20.6. The van der Waals surface area contributed by atoms with Gasteiger partial charge in [-0.25, -0.2) is 8.42 Å². The van der Waals surface area contributed by atoms with Crippen molar-refractivity contribution in [2.75, 3.05) is 32.4 Å². The van der Waals surface area contributed by atoms with Crippen LogP contribution in [0.4, 0.5) is 0 Å². The van der Waals surface area contributed by atoms with Gasteiger partial charge in [-0.3, -0.25) is 9.59 Å². The summed E-state index contributed by atoms with van der Waals surface area (Å²) in [5.41, 5.74) is 6.23. The minimum absolute atomic E-state index is 0.0152. The molecule has 0 bridgehead atoms. The summed E-state index contributed by atoms with van der Waals surface area (Å²) in [4.78, 5) is 26.3. The number of carbonyl (C=O) groups excluding carboxylic acids is 2. The second-order valence-electron chi connectivity index (χ2n) is 5.40. The number of amides is 2. The first-order valence-electron chi connectivity index (χ1n) is 6.78. The molecule has 1 saturated heterocycles. The Morgan fingerprint density at radius 3 is 2.50 bits per heavy atom. The molecule has 2 N–H and O–H groups in total. The van der Waals surface area contributed by atoms with E-state index in [1.165, 1.54) is 20.5 Å². The van der Waals surface area contributed by atoms with Crippen LogP contribution in [0.1, 0.15) is 15.2 Å². The number of carbonyl (C=O) groups is 2.